The van der Waals surface area contributed by atoms with E-state index in [-0.39, 0.29) is 0 Å². The molecule has 3 aromatic rings. The van der Waals surface area contributed by atoms with Crippen LogP contribution in [0.25, 0.3) is 10.8 Å². The average molecular weight is 278 g/mol. The maximum atomic E-state index is 6.06. The third kappa shape index (κ3) is 2.65. The highest BCUT2D eigenvalue weighted by Gasteiger charge is 2.11. The fraction of sp³-hybridized carbons (Fsp3) is 0.176. The molecule has 21 heavy (non-hydrogen) atoms. The molecule has 3 rings (SSSR count). The van der Waals surface area contributed by atoms with Crippen molar-refractivity contribution in [3.63, 3.8) is 0 Å². The van der Waals surface area contributed by atoms with Gasteiger partial charge in [-0.05, 0) is 37.3 Å². The van der Waals surface area contributed by atoms with E-state index in [1.807, 2.05) is 42.7 Å². The molecule has 2 N–H and O–H groups in total. The van der Waals surface area contributed by atoms with Crippen LogP contribution < -0.4 is 10.6 Å². The topological polar surface area (TPSA) is 55.0 Å². The predicted molar refractivity (Wildman–Crippen MR) is 87.1 cm³/mol. The molecule has 0 aliphatic heterocycles. The van der Waals surface area contributed by atoms with Gasteiger partial charge in [0.05, 0.1) is 12.2 Å². The minimum absolute atomic E-state index is 0.769. The molecule has 0 atom stereocenters. The molecular weight excluding hydrogens is 260 g/mol. The van der Waals surface area contributed by atoms with Crippen LogP contribution in [0.3, 0.4) is 0 Å². The van der Waals surface area contributed by atoms with E-state index in [4.69, 9.17) is 5.73 Å². The summed E-state index contributed by atoms with van der Waals surface area (Å²) >= 11 is 0. The minimum Gasteiger partial charge on any atom is -0.398 e. The van der Waals surface area contributed by atoms with Gasteiger partial charge in [0.2, 0.25) is 0 Å². The van der Waals surface area contributed by atoms with Gasteiger partial charge in [-0.2, -0.15) is 0 Å². The van der Waals surface area contributed by atoms with Gasteiger partial charge in [-0.25, -0.2) is 0 Å². The maximum absolute atomic E-state index is 6.06. The second-order valence-electron chi connectivity index (χ2n) is 4.93. The number of nitrogen functional groups attached to an aromatic ring is 1. The summed E-state index contributed by atoms with van der Waals surface area (Å²) in [5.74, 6) is 0. The lowest BCUT2D eigenvalue weighted by molar-refractivity contribution is 0.813. The zero-order chi connectivity index (χ0) is 14.7. The third-order valence-electron chi connectivity index (χ3n) is 3.63. The van der Waals surface area contributed by atoms with E-state index in [0.29, 0.717) is 0 Å². The molecule has 4 nitrogen and oxygen atoms in total. The van der Waals surface area contributed by atoms with E-state index in [1.54, 1.807) is 6.20 Å². The monoisotopic (exact) mass is 278 g/mol. The summed E-state index contributed by atoms with van der Waals surface area (Å²) in [6, 6.07) is 12.0. The first-order valence-corrected chi connectivity index (χ1v) is 7.06. The summed E-state index contributed by atoms with van der Waals surface area (Å²) in [5.41, 5.74) is 9.03. The molecule has 0 amide bonds. The van der Waals surface area contributed by atoms with Gasteiger partial charge in [0.1, 0.15) is 0 Å². The van der Waals surface area contributed by atoms with E-state index in [9.17, 15) is 0 Å². The first-order chi connectivity index (χ1) is 10.3. The van der Waals surface area contributed by atoms with Crippen LogP contribution in [0.4, 0.5) is 11.4 Å². The number of fused-ring (bicyclic) bond motifs is 1. The van der Waals surface area contributed by atoms with E-state index in [0.717, 1.165) is 40.9 Å². The number of anilines is 2. The van der Waals surface area contributed by atoms with Crippen molar-refractivity contribution in [1.29, 1.82) is 0 Å². The molecule has 0 unspecified atom stereocenters. The van der Waals surface area contributed by atoms with Gasteiger partial charge >= 0.3 is 0 Å². The summed E-state index contributed by atoms with van der Waals surface area (Å²) < 4.78 is 0. The van der Waals surface area contributed by atoms with Crippen LogP contribution in [0.1, 0.15) is 12.6 Å². The molecule has 0 saturated heterocycles. The molecule has 0 aliphatic carbocycles. The molecular formula is C17H18N4. The van der Waals surface area contributed by atoms with Crippen LogP contribution in [0.2, 0.25) is 0 Å². The molecule has 4 heteroatoms. The van der Waals surface area contributed by atoms with Crippen LogP contribution in [0.5, 0.6) is 0 Å². The molecule has 1 aromatic carbocycles. The largest absolute Gasteiger partial charge is 0.398 e. The van der Waals surface area contributed by atoms with Gasteiger partial charge in [-0.3, -0.25) is 9.97 Å². The van der Waals surface area contributed by atoms with Crippen LogP contribution in [-0.2, 0) is 6.54 Å². The summed E-state index contributed by atoms with van der Waals surface area (Å²) in [4.78, 5) is 10.9. The van der Waals surface area contributed by atoms with Crippen LogP contribution in [0, 0.1) is 0 Å². The normalized spacial score (nSPS) is 10.7. The lowest BCUT2D eigenvalue weighted by Gasteiger charge is -2.24. The van der Waals surface area contributed by atoms with Crippen molar-refractivity contribution in [2.45, 2.75) is 13.5 Å². The van der Waals surface area contributed by atoms with Gasteiger partial charge in [0.25, 0.3) is 0 Å². The Kier molecular flexibility index (Phi) is 3.69. The van der Waals surface area contributed by atoms with Crippen molar-refractivity contribution < 1.29 is 0 Å². The van der Waals surface area contributed by atoms with Gasteiger partial charge < -0.3 is 10.6 Å². The lowest BCUT2D eigenvalue weighted by atomic mass is 10.1. The first-order valence-electron chi connectivity index (χ1n) is 7.06. The Morgan fingerprint density at radius 3 is 2.71 bits per heavy atom. The highest BCUT2D eigenvalue weighted by Crippen LogP contribution is 2.30. The van der Waals surface area contributed by atoms with E-state index in [1.165, 1.54) is 0 Å². The average Bonchev–Trinajstić information content (AvgIpc) is 2.55. The number of rotatable bonds is 4. The van der Waals surface area contributed by atoms with Crippen molar-refractivity contribution in [2.75, 3.05) is 17.2 Å². The number of hydrogen-bond donors (Lipinski definition) is 1. The predicted octanol–water partition coefficient (Wildman–Crippen LogP) is 3.24. The zero-order valence-electron chi connectivity index (χ0n) is 12.0. The molecule has 2 aromatic heterocycles. The highest BCUT2D eigenvalue weighted by molar-refractivity contribution is 6.00. The number of hydrogen-bond acceptors (Lipinski definition) is 4. The molecule has 0 radical (unpaired) electrons. The Balaban J connectivity index is 2.03. The Morgan fingerprint density at radius 1 is 1.05 bits per heavy atom. The Morgan fingerprint density at radius 2 is 1.95 bits per heavy atom. The highest BCUT2D eigenvalue weighted by atomic mass is 15.1. The van der Waals surface area contributed by atoms with Gasteiger partial charge in [0.15, 0.2) is 0 Å². The second-order valence-corrected chi connectivity index (χ2v) is 4.93. The molecule has 0 saturated carbocycles. The van der Waals surface area contributed by atoms with Crippen molar-refractivity contribution >= 4 is 22.1 Å². The van der Waals surface area contributed by atoms with Crippen LogP contribution in [-0.4, -0.2) is 16.5 Å². The van der Waals surface area contributed by atoms with Crippen molar-refractivity contribution in [3.05, 3.63) is 60.7 Å². The maximum Gasteiger partial charge on any atom is 0.0602 e. The summed E-state index contributed by atoms with van der Waals surface area (Å²) in [6.07, 6.45) is 5.48. The van der Waals surface area contributed by atoms with Gasteiger partial charge in [-0.1, -0.05) is 6.07 Å². The summed E-state index contributed by atoms with van der Waals surface area (Å²) in [7, 11) is 0. The van der Waals surface area contributed by atoms with Crippen molar-refractivity contribution in [3.8, 4) is 0 Å². The molecule has 0 spiro atoms. The van der Waals surface area contributed by atoms with Crippen LogP contribution >= 0.6 is 0 Å². The Hall–Kier alpha value is -2.62. The molecule has 0 bridgehead atoms. The number of pyridine rings is 2. The molecule has 0 aliphatic rings. The van der Waals surface area contributed by atoms with Crippen LogP contribution in [0.15, 0.2) is 55.0 Å². The second kappa shape index (κ2) is 5.79. The smallest absolute Gasteiger partial charge is 0.0602 e. The first kappa shape index (κ1) is 13.4. The lowest BCUT2D eigenvalue weighted by Crippen LogP contribution is -2.22. The molecule has 106 valence electrons. The fourth-order valence-electron chi connectivity index (χ4n) is 2.53. The Bertz CT molecular complexity index is 740. The number of aromatic nitrogens is 2. The van der Waals surface area contributed by atoms with Crippen molar-refractivity contribution in [1.82, 2.24) is 9.97 Å². The molecule has 2 heterocycles. The number of nitrogens with zero attached hydrogens (tertiary/aromatic N) is 3. The van der Waals surface area contributed by atoms with Gasteiger partial charge in [0, 0.05) is 47.3 Å². The standard InChI is InChI=1S/C17H18N4/c1-2-21(12-13-5-3-4-9-20-13)17-7-6-16(18)14-8-10-19-11-15(14)17/h3-11H,2,12,18H2,1H3. The third-order valence-corrected chi connectivity index (χ3v) is 3.63. The van der Waals surface area contributed by atoms with Crippen molar-refractivity contribution in [2.24, 2.45) is 0 Å². The number of benzene rings is 1. The Labute approximate surface area is 124 Å². The minimum atomic E-state index is 0.769. The van der Waals surface area contributed by atoms with Gasteiger partial charge in [-0.15, -0.1) is 0 Å². The fourth-order valence-corrected chi connectivity index (χ4v) is 2.53. The van der Waals surface area contributed by atoms with E-state index in [2.05, 4.69) is 27.9 Å². The molecule has 0 fully saturated rings. The zero-order valence-corrected chi connectivity index (χ0v) is 12.0. The SMILES string of the molecule is CCN(Cc1ccccn1)c1ccc(N)c2ccncc12. The quantitative estimate of drug-likeness (QED) is 0.744. The summed E-state index contributed by atoms with van der Waals surface area (Å²) in [6.45, 7) is 3.80. The number of nitrogens with two attached hydrogens (primary N) is 1. The van der Waals surface area contributed by atoms with E-state index < -0.39 is 0 Å². The van der Waals surface area contributed by atoms with E-state index >= 15 is 0 Å². The summed E-state index contributed by atoms with van der Waals surface area (Å²) in [5, 5.41) is 2.12.